The molecule has 1 aliphatic heterocycles. The van der Waals surface area contributed by atoms with Gasteiger partial charge in [0.25, 0.3) is 0 Å². The molecule has 1 N–H and O–H groups in total. The van der Waals surface area contributed by atoms with Crippen LogP contribution in [0.5, 0.6) is 0 Å². The molecule has 5 nitrogen and oxygen atoms in total. The van der Waals surface area contributed by atoms with Crippen LogP contribution in [0.25, 0.3) is 0 Å². The Hall–Kier alpha value is -1.12. The maximum absolute atomic E-state index is 12.0. The molecule has 0 aromatic carbocycles. The zero-order chi connectivity index (χ0) is 11.6. The number of hydrogen-bond acceptors (Lipinski definition) is 4. The fourth-order valence-corrected chi connectivity index (χ4v) is 2.12. The van der Waals surface area contributed by atoms with Crippen LogP contribution in [0.4, 0.5) is 0 Å². The number of amides is 1. The summed E-state index contributed by atoms with van der Waals surface area (Å²) in [4.78, 5) is 15.9. The number of aliphatic hydroxyl groups excluding tert-OH is 1. The van der Waals surface area contributed by atoms with Crippen molar-refractivity contribution in [2.75, 3.05) is 39.3 Å². The van der Waals surface area contributed by atoms with E-state index >= 15 is 0 Å². The van der Waals surface area contributed by atoms with Crippen molar-refractivity contribution in [2.24, 2.45) is 5.41 Å². The first kappa shape index (κ1) is 11.4. The second-order valence-corrected chi connectivity index (χ2v) is 4.55. The number of nitrogens with zero attached hydrogens (tertiary/aromatic N) is 3. The van der Waals surface area contributed by atoms with E-state index in [1.165, 1.54) is 0 Å². The second kappa shape index (κ2) is 4.40. The molecule has 16 heavy (non-hydrogen) atoms. The summed E-state index contributed by atoms with van der Waals surface area (Å²) in [5.74, 6) is 0.0126. The average Bonchev–Trinajstić information content (AvgIpc) is 3.10. The van der Waals surface area contributed by atoms with Gasteiger partial charge >= 0.3 is 0 Å². The van der Waals surface area contributed by atoms with E-state index in [4.69, 9.17) is 10.4 Å². The Morgan fingerprint density at radius 2 is 1.94 bits per heavy atom. The van der Waals surface area contributed by atoms with Gasteiger partial charge in [0.1, 0.15) is 5.41 Å². The van der Waals surface area contributed by atoms with Crippen molar-refractivity contribution in [3.05, 3.63) is 0 Å². The number of carbonyl (C=O) groups is 1. The SMILES string of the molecule is N#CC1(C(=O)N2CCN(CCO)CC2)CC1. The van der Waals surface area contributed by atoms with Crippen LogP contribution in [0.3, 0.4) is 0 Å². The molecule has 1 saturated carbocycles. The topological polar surface area (TPSA) is 67.6 Å². The van der Waals surface area contributed by atoms with Crippen molar-refractivity contribution in [3.8, 4) is 6.07 Å². The molecule has 0 spiro atoms. The molecule has 0 aromatic heterocycles. The highest BCUT2D eigenvalue weighted by Crippen LogP contribution is 2.46. The molecule has 2 rings (SSSR count). The van der Waals surface area contributed by atoms with Gasteiger partial charge in [-0.2, -0.15) is 5.26 Å². The monoisotopic (exact) mass is 223 g/mol. The van der Waals surface area contributed by atoms with E-state index in [1.54, 1.807) is 4.90 Å². The summed E-state index contributed by atoms with van der Waals surface area (Å²) >= 11 is 0. The van der Waals surface area contributed by atoms with E-state index < -0.39 is 5.41 Å². The first-order valence-electron chi connectivity index (χ1n) is 5.76. The van der Waals surface area contributed by atoms with E-state index in [9.17, 15) is 4.79 Å². The van der Waals surface area contributed by atoms with Gasteiger partial charge in [-0.05, 0) is 12.8 Å². The number of rotatable bonds is 3. The molecule has 0 aromatic rings. The van der Waals surface area contributed by atoms with Crippen LogP contribution < -0.4 is 0 Å². The molecular formula is C11H17N3O2. The Morgan fingerprint density at radius 1 is 1.31 bits per heavy atom. The summed E-state index contributed by atoms with van der Waals surface area (Å²) < 4.78 is 0. The second-order valence-electron chi connectivity index (χ2n) is 4.55. The number of β-amino-alcohol motifs (C(OH)–C–C–N with tert-alkyl or cyclic N) is 1. The first-order chi connectivity index (χ1) is 7.72. The van der Waals surface area contributed by atoms with Crippen LogP contribution in [0.15, 0.2) is 0 Å². The largest absolute Gasteiger partial charge is 0.395 e. The molecular weight excluding hydrogens is 206 g/mol. The molecule has 2 aliphatic rings. The van der Waals surface area contributed by atoms with Gasteiger partial charge in [0.2, 0.25) is 5.91 Å². The molecule has 1 amide bonds. The molecule has 0 bridgehead atoms. The lowest BCUT2D eigenvalue weighted by atomic mass is 10.1. The van der Waals surface area contributed by atoms with Gasteiger partial charge in [0.15, 0.2) is 0 Å². The van der Waals surface area contributed by atoms with Crippen molar-refractivity contribution in [1.29, 1.82) is 5.26 Å². The van der Waals surface area contributed by atoms with E-state index in [-0.39, 0.29) is 12.5 Å². The molecule has 1 heterocycles. The minimum atomic E-state index is -0.681. The van der Waals surface area contributed by atoms with Gasteiger partial charge in [-0.25, -0.2) is 0 Å². The predicted molar refractivity (Wildman–Crippen MR) is 57.4 cm³/mol. The minimum Gasteiger partial charge on any atom is -0.395 e. The number of carbonyl (C=O) groups excluding carboxylic acids is 1. The number of hydrogen-bond donors (Lipinski definition) is 1. The van der Waals surface area contributed by atoms with Crippen LogP contribution in [0, 0.1) is 16.7 Å². The van der Waals surface area contributed by atoms with Gasteiger partial charge in [-0.3, -0.25) is 9.69 Å². The van der Waals surface area contributed by atoms with E-state index in [2.05, 4.69) is 11.0 Å². The van der Waals surface area contributed by atoms with Crippen LogP contribution in [-0.2, 0) is 4.79 Å². The molecule has 1 aliphatic carbocycles. The highest BCUT2D eigenvalue weighted by Gasteiger charge is 2.52. The van der Waals surface area contributed by atoms with Crippen molar-refractivity contribution >= 4 is 5.91 Å². The molecule has 0 unspecified atom stereocenters. The van der Waals surface area contributed by atoms with Crippen molar-refractivity contribution in [2.45, 2.75) is 12.8 Å². The standard InChI is InChI=1S/C11H17N3O2/c12-9-11(1-2-11)10(16)14-5-3-13(4-6-14)7-8-15/h15H,1-8H2. The number of piperazine rings is 1. The van der Waals surface area contributed by atoms with E-state index in [0.29, 0.717) is 19.6 Å². The summed E-state index contributed by atoms with van der Waals surface area (Å²) in [6.45, 7) is 3.80. The van der Waals surface area contributed by atoms with E-state index in [1.807, 2.05) is 0 Å². The average molecular weight is 223 g/mol. The Kier molecular flexibility index (Phi) is 3.13. The smallest absolute Gasteiger partial charge is 0.243 e. The van der Waals surface area contributed by atoms with Crippen molar-refractivity contribution < 1.29 is 9.90 Å². The lowest BCUT2D eigenvalue weighted by Gasteiger charge is -2.35. The summed E-state index contributed by atoms with van der Waals surface area (Å²) in [5, 5.41) is 17.8. The van der Waals surface area contributed by atoms with Crippen LogP contribution in [0.2, 0.25) is 0 Å². The summed E-state index contributed by atoms with van der Waals surface area (Å²) in [5.41, 5.74) is -0.681. The minimum absolute atomic E-state index is 0.0126. The van der Waals surface area contributed by atoms with Crippen molar-refractivity contribution in [1.82, 2.24) is 9.80 Å². The summed E-state index contributed by atoms with van der Waals surface area (Å²) in [7, 11) is 0. The number of nitriles is 1. The molecule has 88 valence electrons. The van der Waals surface area contributed by atoms with Crippen LogP contribution >= 0.6 is 0 Å². The van der Waals surface area contributed by atoms with Gasteiger partial charge in [0, 0.05) is 32.7 Å². The predicted octanol–water partition coefficient (Wildman–Crippen LogP) is -0.573. The fraction of sp³-hybridized carbons (Fsp3) is 0.818. The van der Waals surface area contributed by atoms with Gasteiger partial charge < -0.3 is 10.0 Å². The third-order valence-corrected chi connectivity index (χ3v) is 3.45. The first-order valence-corrected chi connectivity index (χ1v) is 5.76. The maximum Gasteiger partial charge on any atom is 0.243 e. The Labute approximate surface area is 95.2 Å². The van der Waals surface area contributed by atoms with Crippen molar-refractivity contribution in [3.63, 3.8) is 0 Å². The Bertz CT molecular complexity index is 312. The van der Waals surface area contributed by atoms with Gasteiger partial charge in [-0.1, -0.05) is 0 Å². The quantitative estimate of drug-likeness (QED) is 0.695. The maximum atomic E-state index is 12.0. The molecule has 1 saturated heterocycles. The van der Waals surface area contributed by atoms with Crippen LogP contribution in [0.1, 0.15) is 12.8 Å². The summed E-state index contributed by atoms with van der Waals surface area (Å²) in [6.07, 6.45) is 1.44. The van der Waals surface area contributed by atoms with Gasteiger partial charge in [-0.15, -0.1) is 0 Å². The van der Waals surface area contributed by atoms with Gasteiger partial charge in [0.05, 0.1) is 12.7 Å². The number of aliphatic hydroxyl groups is 1. The fourth-order valence-electron chi connectivity index (χ4n) is 2.12. The van der Waals surface area contributed by atoms with E-state index in [0.717, 1.165) is 25.9 Å². The molecule has 0 atom stereocenters. The Balaban J connectivity index is 1.85. The highest BCUT2D eigenvalue weighted by molar-refractivity contribution is 5.88. The highest BCUT2D eigenvalue weighted by atomic mass is 16.3. The molecule has 2 fully saturated rings. The normalized spacial score (nSPS) is 23.9. The zero-order valence-corrected chi connectivity index (χ0v) is 9.35. The summed E-state index contributed by atoms with van der Waals surface area (Å²) in [6, 6.07) is 2.14. The Morgan fingerprint density at radius 3 is 2.38 bits per heavy atom. The lowest BCUT2D eigenvalue weighted by molar-refractivity contribution is -0.136. The third kappa shape index (κ3) is 2.04. The zero-order valence-electron chi connectivity index (χ0n) is 9.35. The molecule has 0 radical (unpaired) electrons. The third-order valence-electron chi connectivity index (χ3n) is 3.45. The molecule has 5 heteroatoms. The lowest BCUT2D eigenvalue weighted by Crippen LogP contribution is -2.51. The van der Waals surface area contributed by atoms with Crippen LogP contribution in [-0.4, -0.2) is 60.1 Å².